The van der Waals surface area contributed by atoms with Crippen LogP contribution in [0.3, 0.4) is 0 Å². The second kappa shape index (κ2) is 9.65. The van der Waals surface area contributed by atoms with Gasteiger partial charge in [0, 0.05) is 13.1 Å². The number of hydrogen-bond acceptors (Lipinski definition) is 3. The first kappa shape index (κ1) is 19.6. The second-order valence-electron chi connectivity index (χ2n) is 5.96. The average molecular weight is 359 g/mol. The molecule has 0 amide bonds. The molecule has 3 N–H and O–H groups in total. The number of rotatable bonds is 7. The minimum atomic E-state index is -0.202. The number of aliphatic imine (C=N–C) groups is 1. The molecule has 0 aliphatic rings. The first-order chi connectivity index (χ1) is 12.5. The zero-order valence-electron chi connectivity index (χ0n) is 15.5. The molecule has 2 aromatic rings. The van der Waals surface area contributed by atoms with Crippen LogP contribution in [0.25, 0.3) is 0 Å². The zero-order valence-corrected chi connectivity index (χ0v) is 15.5. The molecule has 0 bridgehead atoms. The first-order valence-corrected chi connectivity index (χ1v) is 8.66. The summed E-state index contributed by atoms with van der Waals surface area (Å²) in [6.45, 7) is 5.66. The van der Waals surface area contributed by atoms with Crippen LogP contribution in [-0.4, -0.2) is 31.3 Å². The lowest BCUT2D eigenvalue weighted by atomic mass is 10.1. The molecule has 0 saturated heterocycles. The van der Waals surface area contributed by atoms with Gasteiger partial charge in [-0.2, -0.15) is 0 Å². The van der Waals surface area contributed by atoms with Crippen LogP contribution in [0.1, 0.15) is 23.6 Å². The van der Waals surface area contributed by atoms with Crippen molar-refractivity contribution >= 4 is 5.96 Å². The standard InChI is InChI=1S/C20H26FN3O2/c1-4-22-20(24-13-16-5-7-17(21)14(2)11-16)23-10-9-15-6-8-18(25)19(12-15)26-3/h5-8,11-12,25H,4,9-10,13H2,1-3H3,(H2,22,23,24). The van der Waals surface area contributed by atoms with Crippen molar-refractivity contribution in [3.63, 3.8) is 0 Å². The number of nitrogens with zero attached hydrogens (tertiary/aromatic N) is 1. The van der Waals surface area contributed by atoms with E-state index in [1.165, 1.54) is 13.2 Å². The Morgan fingerprint density at radius 2 is 1.92 bits per heavy atom. The predicted molar refractivity (Wildman–Crippen MR) is 102 cm³/mol. The molecule has 140 valence electrons. The number of phenols is 1. The number of aromatic hydroxyl groups is 1. The number of nitrogens with one attached hydrogen (secondary N) is 2. The molecule has 0 heterocycles. The smallest absolute Gasteiger partial charge is 0.191 e. The highest BCUT2D eigenvalue weighted by Crippen LogP contribution is 2.26. The van der Waals surface area contributed by atoms with Crippen molar-refractivity contribution in [2.45, 2.75) is 26.8 Å². The van der Waals surface area contributed by atoms with Crippen LogP contribution in [0.4, 0.5) is 4.39 Å². The molecule has 2 rings (SSSR count). The van der Waals surface area contributed by atoms with E-state index in [1.807, 2.05) is 25.1 Å². The highest BCUT2D eigenvalue weighted by Gasteiger charge is 2.04. The summed E-state index contributed by atoms with van der Waals surface area (Å²) in [4.78, 5) is 4.54. The summed E-state index contributed by atoms with van der Waals surface area (Å²) in [5.41, 5.74) is 2.64. The molecule has 0 fully saturated rings. The van der Waals surface area contributed by atoms with Crippen molar-refractivity contribution in [3.05, 3.63) is 58.9 Å². The second-order valence-corrected chi connectivity index (χ2v) is 5.96. The van der Waals surface area contributed by atoms with E-state index in [2.05, 4.69) is 15.6 Å². The summed E-state index contributed by atoms with van der Waals surface area (Å²) < 4.78 is 18.5. The summed E-state index contributed by atoms with van der Waals surface area (Å²) in [6.07, 6.45) is 0.761. The molecule has 6 heteroatoms. The molecular formula is C20H26FN3O2. The number of benzene rings is 2. The van der Waals surface area contributed by atoms with Gasteiger partial charge in [-0.25, -0.2) is 9.38 Å². The SMILES string of the molecule is CCNC(=NCc1ccc(F)c(C)c1)NCCc1ccc(O)c(OC)c1. The third-order valence-electron chi connectivity index (χ3n) is 3.94. The fraction of sp³-hybridized carbons (Fsp3) is 0.350. The zero-order chi connectivity index (χ0) is 18.9. The molecule has 0 radical (unpaired) electrons. The van der Waals surface area contributed by atoms with Crippen LogP contribution in [0.15, 0.2) is 41.4 Å². The Morgan fingerprint density at radius 1 is 1.15 bits per heavy atom. The Morgan fingerprint density at radius 3 is 2.62 bits per heavy atom. The Kier molecular flexibility index (Phi) is 7.26. The van der Waals surface area contributed by atoms with E-state index >= 15 is 0 Å². The highest BCUT2D eigenvalue weighted by atomic mass is 19.1. The van der Waals surface area contributed by atoms with Gasteiger partial charge in [-0.3, -0.25) is 0 Å². The van der Waals surface area contributed by atoms with Crippen molar-refractivity contribution < 1.29 is 14.2 Å². The van der Waals surface area contributed by atoms with Gasteiger partial charge in [-0.05, 0) is 55.2 Å². The largest absolute Gasteiger partial charge is 0.504 e. The van der Waals surface area contributed by atoms with E-state index in [4.69, 9.17) is 4.74 Å². The van der Waals surface area contributed by atoms with Crippen molar-refractivity contribution in [2.75, 3.05) is 20.2 Å². The first-order valence-electron chi connectivity index (χ1n) is 8.66. The molecule has 0 aliphatic heterocycles. The normalized spacial score (nSPS) is 11.3. The maximum atomic E-state index is 13.3. The van der Waals surface area contributed by atoms with Crippen LogP contribution in [-0.2, 0) is 13.0 Å². The van der Waals surface area contributed by atoms with Gasteiger partial charge in [0.15, 0.2) is 17.5 Å². The van der Waals surface area contributed by atoms with Crippen molar-refractivity contribution in [1.82, 2.24) is 10.6 Å². The lowest BCUT2D eigenvalue weighted by Crippen LogP contribution is -2.38. The highest BCUT2D eigenvalue weighted by molar-refractivity contribution is 5.79. The summed E-state index contributed by atoms with van der Waals surface area (Å²) in [7, 11) is 1.53. The van der Waals surface area contributed by atoms with E-state index in [0.717, 1.165) is 24.1 Å². The number of phenolic OH excluding ortho intramolecular Hbond substituents is 1. The molecule has 0 aliphatic carbocycles. The quantitative estimate of drug-likeness (QED) is 0.525. The van der Waals surface area contributed by atoms with Crippen molar-refractivity contribution in [2.24, 2.45) is 4.99 Å². The van der Waals surface area contributed by atoms with E-state index in [0.29, 0.717) is 30.4 Å². The fourth-order valence-electron chi connectivity index (χ4n) is 2.52. The summed E-state index contributed by atoms with van der Waals surface area (Å²) in [6, 6.07) is 10.3. The van der Waals surface area contributed by atoms with Gasteiger partial charge in [0.2, 0.25) is 0 Å². The Bertz CT molecular complexity index is 763. The number of halogens is 1. The van der Waals surface area contributed by atoms with Gasteiger partial charge in [0.25, 0.3) is 0 Å². The van der Waals surface area contributed by atoms with E-state index in [1.54, 1.807) is 19.1 Å². The minimum Gasteiger partial charge on any atom is -0.504 e. The van der Waals surface area contributed by atoms with Crippen molar-refractivity contribution in [1.29, 1.82) is 0 Å². The number of methoxy groups -OCH3 is 1. The summed E-state index contributed by atoms with van der Waals surface area (Å²) >= 11 is 0. The Labute approximate surface area is 153 Å². The molecule has 0 atom stereocenters. The third-order valence-corrected chi connectivity index (χ3v) is 3.94. The number of hydrogen-bond donors (Lipinski definition) is 3. The molecule has 0 saturated carbocycles. The number of guanidine groups is 1. The van der Waals surface area contributed by atoms with Gasteiger partial charge >= 0.3 is 0 Å². The van der Waals surface area contributed by atoms with Gasteiger partial charge < -0.3 is 20.5 Å². The monoisotopic (exact) mass is 359 g/mol. The topological polar surface area (TPSA) is 65.9 Å². The van der Waals surface area contributed by atoms with Gasteiger partial charge in [-0.1, -0.05) is 18.2 Å². The summed E-state index contributed by atoms with van der Waals surface area (Å²) in [5, 5.41) is 16.1. The lowest BCUT2D eigenvalue weighted by molar-refractivity contribution is 0.373. The number of ether oxygens (including phenoxy) is 1. The van der Waals surface area contributed by atoms with E-state index in [-0.39, 0.29) is 11.6 Å². The maximum absolute atomic E-state index is 13.3. The summed E-state index contributed by atoms with van der Waals surface area (Å²) in [5.74, 6) is 1.11. The van der Waals surface area contributed by atoms with Gasteiger partial charge in [0.05, 0.1) is 13.7 Å². The molecular weight excluding hydrogens is 333 g/mol. The third kappa shape index (κ3) is 5.65. The van der Waals surface area contributed by atoms with Crippen molar-refractivity contribution in [3.8, 4) is 11.5 Å². The lowest BCUT2D eigenvalue weighted by Gasteiger charge is -2.12. The Hall–Kier alpha value is -2.76. The molecule has 5 nitrogen and oxygen atoms in total. The van der Waals surface area contributed by atoms with Crippen LogP contribution in [0.5, 0.6) is 11.5 Å². The molecule has 0 aromatic heterocycles. The van der Waals surface area contributed by atoms with Crippen LogP contribution >= 0.6 is 0 Å². The molecule has 0 unspecified atom stereocenters. The minimum absolute atomic E-state index is 0.133. The van der Waals surface area contributed by atoms with Crippen LogP contribution in [0.2, 0.25) is 0 Å². The molecule has 26 heavy (non-hydrogen) atoms. The Balaban J connectivity index is 1.93. The fourth-order valence-corrected chi connectivity index (χ4v) is 2.52. The van der Waals surface area contributed by atoms with Gasteiger partial charge in [-0.15, -0.1) is 0 Å². The van der Waals surface area contributed by atoms with Crippen LogP contribution < -0.4 is 15.4 Å². The van der Waals surface area contributed by atoms with Crippen LogP contribution in [0, 0.1) is 12.7 Å². The maximum Gasteiger partial charge on any atom is 0.191 e. The predicted octanol–water partition coefficient (Wildman–Crippen LogP) is 3.15. The average Bonchev–Trinajstić information content (AvgIpc) is 2.63. The van der Waals surface area contributed by atoms with Gasteiger partial charge in [0.1, 0.15) is 5.82 Å². The number of aryl methyl sites for hydroxylation is 1. The van der Waals surface area contributed by atoms with E-state index in [9.17, 15) is 9.50 Å². The molecule has 2 aromatic carbocycles. The molecule has 0 spiro atoms. The van der Waals surface area contributed by atoms with E-state index < -0.39 is 0 Å².